The number of amides is 1. The number of anilines is 1. The summed E-state index contributed by atoms with van der Waals surface area (Å²) in [5.74, 6) is 0.460. The third kappa shape index (κ3) is 4.02. The van der Waals surface area contributed by atoms with Gasteiger partial charge < -0.3 is 10.6 Å². The molecule has 0 radical (unpaired) electrons. The van der Waals surface area contributed by atoms with Gasteiger partial charge in [0.25, 0.3) is 5.91 Å². The summed E-state index contributed by atoms with van der Waals surface area (Å²) >= 11 is 0. The fraction of sp³-hybridized carbons (Fsp3) is 0.312. The molecular formula is C16H18N4O. The van der Waals surface area contributed by atoms with Crippen LogP contribution in [0.5, 0.6) is 0 Å². The van der Waals surface area contributed by atoms with Crippen molar-refractivity contribution in [2.45, 2.75) is 25.3 Å². The van der Waals surface area contributed by atoms with E-state index in [1.165, 1.54) is 5.56 Å². The van der Waals surface area contributed by atoms with Crippen LogP contribution in [0.3, 0.4) is 0 Å². The molecule has 0 saturated heterocycles. The number of carbonyl (C=O) groups is 1. The van der Waals surface area contributed by atoms with Crippen molar-refractivity contribution in [3.8, 4) is 0 Å². The lowest BCUT2D eigenvalue weighted by Crippen LogP contribution is -2.25. The maximum Gasteiger partial charge on any atom is 0.254 e. The number of nitrogens with zero attached hydrogens (tertiary/aromatic N) is 2. The van der Waals surface area contributed by atoms with Gasteiger partial charge in [0.05, 0.1) is 5.56 Å². The van der Waals surface area contributed by atoms with Crippen molar-refractivity contribution >= 4 is 11.9 Å². The molecule has 1 aromatic carbocycles. The van der Waals surface area contributed by atoms with E-state index in [0.717, 1.165) is 25.8 Å². The second kappa shape index (κ2) is 6.35. The Morgan fingerprint density at radius 1 is 1.14 bits per heavy atom. The normalized spacial score (nSPS) is 13.7. The van der Waals surface area contributed by atoms with Gasteiger partial charge in [0, 0.05) is 25.0 Å². The maximum absolute atomic E-state index is 11.8. The molecule has 1 fully saturated rings. The molecule has 5 heteroatoms. The van der Waals surface area contributed by atoms with Crippen molar-refractivity contribution < 1.29 is 4.79 Å². The quantitative estimate of drug-likeness (QED) is 0.850. The Balaban J connectivity index is 1.48. The second-order valence-electron chi connectivity index (χ2n) is 5.21. The van der Waals surface area contributed by atoms with Crippen molar-refractivity contribution in [1.29, 1.82) is 0 Å². The fourth-order valence-corrected chi connectivity index (χ4v) is 2.00. The van der Waals surface area contributed by atoms with Crippen LogP contribution in [0.1, 0.15) is 28.8 Å². The van der Waals surface area contributed by atoms with Gasteiger partial charge in [0.2, 0.25) is 5.95 Å². The van der Waals surface area contributed by atoms with Crippen LogP contribution >= 0.6 is 0 Å². The molecule has 0 spiro atoms. The lowest BCUT2D eigenvalue weighted by atomic mass is 10.1. The van der Waals surface area contributed by atoms with Crippen LogP contribution in [0, 0.1) is 0 Å². The zero-order valence-electron chi connectivity index (χ0n) is 11.7. The maximum atomic E-state index is 11.8. The Hall–Kier alpha value is -2.43. The van der Waals surface area contributed by atoms with Gasteiger partial charge in [-0.15, -0.1) is 0 Å². The summed E-state index contributed by atoms with van der Waals surface area (Å²) in [6, 6.07) is 10.6. The summed E-state index contributed by atoms with van der Waals surface area (Å²) < 4.78 is 0. The molecule has 1 aromatic heterocycles. The number of hydrogen-bond donors (Lipinski definition) is 2. The number of rotatable bonds is 6. The van der Waals surface area contributed by atoms with Crippen molar-refractivity contribution in [2.24, 2.45) is 0 Å². The Labute approximate surface area is 123 Å². The highest BCUT2D eigenvalue weighted by Crippen LogP contribution is 2.19. The van der Waals surface area contributed by atoms with Gasteiger partial charge in [-0.25, -0.2) is 9.97 Å². The predicted molar refractivity (Wildman–Crippen MR) is 81.2 cm³/mol. The van der Waals surface area contributed by atoms with Gasteiger partial charge in [-0.1, -0.05) is 30.3 Å². The van der Waals surface area contributed by atoms with E-state index in [0.29, 0.717) is 17.6 Å². The van der Waals surface area contributed by atoms with Crippen molar-refractivity contribution in [3.05, 3.63) is 53.9 Å². The van der Waals surface area contributed by atoms with Gasteiger partial charge in [-0.3, -0.25) is 4.79 Å². The summed E-state index contributed by atoms with van der Waals surface area (Å²) in [6.07, 6.45) is 6.19. The van der Waals surface area contributed by atoms with Crippen molar-refractivity contribution in [1.82, 2.24) is 15.3 Å². The van der Waals surface area contributed by atoms with E-state index in [4.69, 9.17) is 0 Å². The number of benzene rings is 1. The van der Waals surface area contributed by atoms with Crippen LogP contribution in [-0.2, 0) is 6.42 Å². The highest BCUT2D eigenvalue weighted by Gasteiger charge is 2.23. The summed E-state index contributed by atoms with van der Waals surface area (Å²) in [6.45, 7) is 0.762. The molecule has 0 bridgehead atoms. The third-order valence-electron chi connectivity index (χ3n) is 3.37. The number of nitrogens with one attached hydrogen (secondary N) is 2. The first-order valence-electron chi connectivity index (χ1n) is 7.22. The first kappa shape index (κ1) is 13.5. The topological polar surface area (TPSA) is 66.9 Å². The van der Waals surface area contributed by atoms with Crippen LogP contribution in [0.2, 0.25) is 0 Å². The molecule has 1 amide bonds. The molecule has 0 aliphatic heterocycles. The zero-order valence-corrected chi connectivity index (χ0v) is 11.7. The molecule has 5 nitrogen and oxygen atoms in total. The Morgan fingerprint density at radius 2 is 1.86 bits per heavy atom. The van der Waals surface area contributed by atoms with E-state index < -0.39 is 0 Å². The van der Waals surface area contributed by atoms with Crippen LogP contribution < -0.4 is 10.6 Å². The molecule has 2 aromatic rings. The monoisotopic (exact) mass is 282 g/mol. The average molecular weight is 282 g/mol. The summed E-state index contributed by atoms with van der Waals surface area (Å²) in [5.41, 5.74) is 1.78. The zero-order chi connectivity index (χ0) is 14.5. The molecule has 3 rings (SSSR count). The summed E-state index contributed by atoms with van der Waals surface area (Å²) in [7, 11) is 0. The highest BCUT2D eigenvalue weighted by molar-refractivity contribution is 5.94. The van der Waals surface area contributed by atoms with Crippen molar-refractivity contribution in [2.75, 3.05) is 11.9 Å². The van der Waals surface area contributed by atoms with Crippen LogP contribution in [0.25, 0.3) is 0 Å². The van der Waals surface area contributed by atoms with Crippen LogP contribution in [0.4, 0.5) is 5.95 Å². The van der Waals surface area contributed by atoms with Gasteiger partial charge in [0.1, 0.15) is 0 Å². The standard InChI is InChI=1S/C16H18N4O/c21-15(20-14-6-7-14)13-10-18-16(19-11-13)17-9-8-12-4-2-1-3-5-12/h1-5,10-11,14H,6-9H2,(H,20,21)(H,17,18,19). The Morgan fingerprint density at radius 3 is 2.52 bits per heavy atom. The minimum atomic E-state index is -0.0895. The van der Waals surface area contributed by atoms with Crippen LogP contribution in [-0.4, -0.2) is 28.5 Å². The molecule has 1 heterocycles. The predicted octanol–water partition coefficient (Wildman–Crippen LogP) is 2.02. The van der Waals surface area contributed by atoms with Gasteiger partial charge in [-0.05, 0) is 24.8 Å². The molecule has 21 heavy (non-hydrogen) atoms. The van der Waals surface area contributed by atoms with Crippen molar-refractivity contribution in [3.63, 3.8) is 0 Å². The van der Waals surface area contributed by atoms with E-state index in [1.807, 2.05) is 18.2 Å². The van der Waals surface area contributed by atoms with E-state index in [-0.39, 0.29) is 5.91 Å². The largest absolute Gasteiger partial charge is 0.354 e. The SMILES string of the molecule is O=C(NC1CC1)c1cnc(NCCc2ccccc2)nc1. The molecule has 0 atom stereocenters. The van der Waals surface area contributed by atoms with E-state index >= 15 is 0 Å². The Kier molecular flexibility index (Phi) is 4.09. The Bertz CT molecular complexity index is 593. The van der Waals surface area contributed by atoms with E-state index in [2.05, 4.69) is 32.7 Å². The molecule has 1 aliphatic rings. The van der Waals surface area contributed by atoms with E-state index in [9.17, 15) is 4.79 Å². The molecule has 108 valence electrons. The second-order valence-corrected chi connectivity index (χ2v) is 5.21. The molecular weight excluding hydrogens is 264 g/mol. The molecule has 1 saturated carbocycles. The molecule has 0 unspecified atom stereocenters. The number of carbonyl (C=O) groups excluding carboxylic acids is 1. The number of hydrogen-bond acceptors (Lipinski definition) is 4. The lowest BCUT2D eigenvalue weighted by molar-refractivity contribution is 0.0950. The lowest BCUT2D eigenvalue weighted by Gasteiger charge is -2.06. The van der Waals surface area contributed by atoms with Gasteiger partial charge in [-0.2, -0.15) is 0 Å². The summed E-state index contributed by atoms with van der Waals surface area (Å²) in [5, 5.41) is 6.07. The van der Waals surface area contributed by atoms with E-state index in [1.54, 1.807) is 12.4 Å². The highest BCUT2D eigenvalue weighted by atomic mass is 16.1. The fourth-order valence-electron chi connectivity index (χ4n) is 2.00. The summed E-state index contributed by atoms with van der Waals surface area (Å²) in [4.78, 5) is 20.1. The number of aromatic nitrogens is 2. The smallest absolute Gasteiger partial charge is 0.254 e. The molecule has 1 aliphatic carbocycles. The molecule has 2 N–H and O–H groups in total. The minimum absolute atomic E-state index is 0.0895. The third-order valence-corrected chi connectivity index (χ3v) is 3.37. The first-order chi connectivity index (χ1) is 10.3. The average Bonchev–Trinajstić information content (AvgIpc) is 3.33. The van der Waals surface area contributed by atoms with Gasteiger partial charge >= 0.3 is 0 Å². The van der Waals surface area contributed by atoms with Gasteiger partial charge in [0.15, 0.2) is 0 Å². The first-order valence-corrected chi connectivity index (χ1v) is 7.22. The van der Waals surface area contributed by atoms with Crippen LogP contribution in [0.15, 0.2) is 42.7 Å². The minimum Gasteiger partial charge on any atom is -0.354 e.